The highest BCUT2D eigenvalue weighted by Gasteiger charge is 2.49. The van der Waals surface area contributed by atoms with Gasteiger partial charge in [-0.25, -0.2) is 0 Å². The first kappa shape index (κ1) is 14.9. The number of aliphatic hydroxyl groups excluding tert-OH is 1. The quantitative estimate of drug-likeness (QED) is 0.892. The molecule has 116 valence electrons. The highest BCUT2D eigenvalue weighted by atomic mass is 16.8. The van der Waals surface area contributed by atoms with E-state index < -0.39 is 30.9 Å². The minimum absolute atomic E-state index is 0.330. The van der Waals surface area contributed by atoms with E-state index in [2.05, 4.69) is 0 Å². The van der Waals surface area contributed by atoms with Crippen molar-refractivity contribution >= 4 is 0 Å². The molecule has 0 aromatic heterocycles. The second-order valence-corrected chi connectivity index (χ2v) is 5.15. The van der Waals surface area contributed by atoms with E-state index in [1.807, 2.05) is 30.3 Å². The predicted octanol–water partition coefficient (Wildman–Crippen LogP) is 0.848. The van der Waals surface area contributed by atoms with Crippen molar-refractivity contribution < 1.29 is 28.8 Å². The molecule has 0 spiro atoms. The van der Waals surface area contributed by atoms with Gasteiger partial charge in [-0.1, -0.05) is 30.3 Å². The zero-order chi connectivity index (χ0) is 14.8. The Bertz CT molecular complexity index is 453. The lowest BCUT2D eigenvalue weighted by Gasteiger charge is -2.47. The van der Waals surface area contributed by atoms with E-state index >= 15 is 0 Å². The Morgan fingerprint density at radius 3 is 2.52 bits per heavy atom. The molecule has 6 nitrogen and oxygen atoms in total. The summed E-state index contributed by atoms with van der Waals surface area (Å²) in [5.41, 5.74) is 0.925. The number of hydrogen-bond donors (Lipinski definition) is 1. The molecule has 2 aliphatic heterocycles. The van der Waals surface area contributed by atoms with Gasteiger partial charge in [0.2, 0.25) is 0 Å². The molecule has 6 atom stereocenters. The average molecular weight is 296 g/mol. The zero-order valence-electron chi connectivity index (χ0n) is 12.0. The maximum atomic E-state index is 10.2. The van der Waals surface area contributed by atoms with Crippen molar-refractivity contribution in [3.8, 4) is 0 Å². The molecule has 0 amide bonds. The van der Waals surface area contributed by atoms with Gasteiger partial charge in [-0.05, 0) is 0 Å². The SMILES string of the molecule is CO[C@@H]1O[C@@H]2COC(c3ccccc3)O[C@@H]2[C@H](OC)[C@H]1O. The third-order valence-corrected chi connectivity index (χ3v) is 3.88. The lowest BCUT2D eigenvalue weighted by molar-refractivity contribution is -0.360. The number of rotatable bonds is 3. The van der Waals surface area contributed by atoms with Crippen molar-refractivity contribution in [1.82, 2.24) is 0 Å². The number of hydrogen-bond acceptors (Lipinski definition) is 6. The number of fused-ring (bicyclic) bond motifs is 1. The molecular weight excluding hydrogens is 276 g/mol. The van der Waals surface area contributed by atoms with Crippen LogP contribution in [0, 0.1) is 0 Å². The van der Waals surface area contributed by atoms with Crippen molar-refractivity contribution in [2.24, 2.45) is 0 Å². The summed E-state index contributed by atoms with van der Waals surface area (Å²) in [6, 6.07) is 9.66. The number of methoxy groups -OCH3 is 2. The van der Waals surface area contributed by atoms with Crippen LogP contribution < -0.4 is 0 Å². The topological polar surface area (TPSA) is 66.4 Å². The molecule has 0 radical (unpaired) electrons. The molecule has 2 fully saturated rings. The van der Waals surface area contributed by atoms with E-state index in [1.165, 1.54) is 7.11 Å². The zero-order valence-corrected chi connectivity index (χ0v) is 12.0. The molecule has 3 rings (SSSR count). The van der Waals surface area contributed by atoms with Crippen LogP contribution in [-0.4, -0.2) is 56.6 Å². The van der Waals surface area contributed by atoms with Crippen molar-refractivity contribution in [2.45, 2.75) is 37.0 Å². The first-order valence-corrected chi connectivity index (χ1v) is 6.95. The van der Waals surface area contributed by atoms with Crippen LogP contribution in [0.25, 0.3) is 0 Å². The highest BCUT2D eigenvalue weighted by Crippen LogP contribution is 2.35. The molecule has 2 saturated heterocycles. The van der Waals surface area contributed by atoms with Crippen LogP contribution >= 0.6 is 0 Å². The standard InChI is InChI=1S/C15H20O6/c1-17-13-11(16)15(18-2)20-10-8-19-14(21-12(10)13)9-6-4-3-5-7-9/h3-7,10-16H,8H2,1-2H3/t10-,11-,12+,13-,14?,15-/m1/s1. The van der Waals surface area contributed by atoms with E-state index in [0.717, 1.165) is 5.56 Å². The third kappa shape index (κ3) is 2.83. The van der Waals surface area contributed by atoms with Gasteiger partial charge in [0.25, 0.3) is 0 Å². The van der Waals surface area contributed by atoms with Gasteiger partial charge in [-0.2, -0.15) is 0 Å². The smallest absolute Gasteiger partial charge is 0.186 e. The van der Waals surface area contributed by atoms with Crippen LogP contribution in [-0.2, 0) is 23.7 Å². The predicted molar refractivity (Wildman–Crippen MR) is 72.5 cm³/mol. The molecule has 1 aromatic carbocycles. The maximum absolute atomic E-state index is 10.2. The first-order valence-electron chi connectivity index (χ1n) is 6.95. The van der Waals surface area contributed by atoms with Gasteiger partial charge in [-0.15, -0.1) is 0 Å². The minimum atomic E-state index is -0.907. The Balaban J connectivity index is 1.77. The number of aliphatic hydroxyl groups is 1. The van der Waals surface area contributed by atoms with Crippen LogP contribution in [0.3, 0.4) is 0 Å². The Morgan fingerprint density at radius 1 is 1.10 bits per heavy atom. The monoisotopic (exact) mass is 296 g/mol. The average Bonchev–Trinajstić information content (AvgIpc) is 2.54. The Labute approximate surface area is 123 Å². The summed E-state index contributed by atoms with van der Waals surface area (Å²) in [6.45, 7) is 0.358. The van der Waals surface area contributed by atoms with Crippen LogP contribution in [0.5, 0.6) is 0 Å². The van der Waals surface area contributed by atoms with Gasteiger partial charge >= 0.3 is 0 Å². The molecule has 0 bridgehead atoms. The fraction of sp³-hybridized carbons (Fsp3) is 0.600. The fourth-order valence-corrected chi connectivity index (χ4v) is 2.81. The Kier molecular flexibility index (Phi) is 4.54. The third-order valence-electron chi connectivity index (χ3n) is 3.88. The van der Waals surface area contributed by atoms with Gasteiger partial charge in [0, 0.05) is 19.8 Å². The van der Waals surface area contributed by atoms with Gasteiger partial charge in [0.1, 0.15) is 24.4 Å². The van der Waals surface area contributed by atoms with Crippen molar-refractivity contribution in [2.75, 3.05) is 20.8 Å². The highest BCUT2D eigenvalue weighted by molar-refractivity contribution is 5.16. The Hall–Kier alpha value is -1.02. The molecular formula is C15H20O6. The largest absolute Gasteiger partial charge is 0.385 e. The lowest BCUT2D eigenvalue weighted by atomic mass is 9.97. The van der Waals surface area contributed by atoms with Crippen LogP contribution in [0.4, 0.5) is 0 Å². The van der Waals surface area contributed by atoms with E-state index in [-0.39, 0.29) is 6.10 Å². The normalized spacial score (nSPS) is 39.8. The molecule has 6 heteroatoms. The fourth-order valence-electron chi connectivity index (χ4n) is 2.81. The van der Waals surface area contributed by atoms with Crippen LogP contribution in [0.15, 0.2) is 30.3 Å². The second kappa shape index (κ2) is 6.39. The summed E-state index contributed by atoms with van der Waals surface area (Å²) >= 11 is 0. The van der Waals surface area contributed by atoms with Gasteiger partial charge in [0.05, 0.1) is 6.61 Å². The van der Waals surface area contributed by atoms with E-state index in [0.29, 0.717) is 6.61 Å². The van der Waals surface area contributed by atoms with Crippen LogP contribution in [0.2, 0.25) is 0 Å². The van der Waals surface area contributed by atoms with Gasteiger partial charge in [0.15, 0.2) is 12.6 Å². The maximum Gasteiger partial charge on any atom is 0.186 e. The van der Waals surface area contributed by atoms with Crippen molar-refractivity contribution in [1.29, 1.82) is 0 Å². The van der Waals surface area contributed by atoms with Crippen molar-refractivity contribution in [3.63, 3.8) is 0 Å². The van der Waals surface area contributed by atoms with E-state index in [1.54, 1.807) is 7.11 Å². The molecule has 0 saturated carbocycles. The summed E-state index contributed by atoms with van der Waals surface area (Å²) < 4.78 is 27.9. The number of benzene rings is 1. The summed E-state index contributed by atoms with van der Waals surface area (Å²) in [5, 5.41) is 10.2. The molecule has 21 heavy (non-hydrogen) atoms. The molecule has 2 heterocycles. The summed E-state index contributed by atoms with van der Waals surface area (Å²) in [4.78, 5) is 0. The molecule has 0 aliphatic carbocycles. The molecule has 1 unspecified atom stereocenters. The summed E-state index contributed by atoms with van der Waals surface area (Å²) in [6.07, 6.45) is -3.39. The molecule has 1 N–H and O–H groups in total. The lowest BCUT2D eigenvalue weighted by Crippen LogP contribution is -2.62. The van der Waals surface area contributed by atoms with Crippen molar-refractivity contribution in [3.05, 3.63) is 35.9 Å². The summed E-state index contributed by atoms with van der Waals surface area (Å²) in [5.74, 6) is 0. The number of ether oxygens (including phenoxy) is 5. The van der Waals surface area contributed by atoms with Crippen LogP contribution in [0.1, 0.15) is 11.9 Å². The van der Waals surface area contributed by atoms with E-state index in [9.17, 15) is 5.11 Å². The minimum Gasteiger partial charge on any atom is -0.385 e. The van der Waals surface area contributed by atoms with E-state index in [4.69, 9.17) is 23.7 Å². The van der Waals surface area contributed by atoms with Gasteiger partial charge < -0.3 is 28.8 Å². The molecule has 1 aromatic rings. The van der Waals surface area contributed by atoms with Gasteiger partial charge in [-0.3, -0.25) is 0 Å². The second-order valence-electron chi connectivity index (χ2n) is 5.15. The molecule has 2 aliphatic rings. The first-order chi connectivity index (χ1) is 10.2. The summed E-state index contributed by atoms with van der Waals surface area (Å²) in [7, 11) is 3.03. The Morgan fingerprint density at radius 2 is 1.86 bits per heavy atom.